The molecule has 27 heavy (non-hydrogen) atoms. The van der Waals surface area contributed by atoms with Gasteiger partial charge in [0.25, 0.3) is 5.91 Å². The predicted molar refractivity (Wildman–Crippen MR) is 98.8 cm³/mol. The Kier molecular flexibility index (Phi) is 4.39. The monoisotopic (exact) mass is 366 g/mol. The summed E-state index contributed by atoms with van der Waals surface area (Å²) in [4.78, 5) is 26.4. The van der Waals surface area contributed by atoms with Gasteiger partial charge < -0.3 is 14.2 Å². The van der Waals surface area contributed by atoms with E-state index in [1.807, 2.05) is 28.8 Å². The lowest BCUT2D eigenvalue weighted by atomic mass is 10.0. The minimum atomic E-state index is -0.432. The second kappa shape index (κ2) is 6.87. The fourth-order valence-electron chi connectivity index (χ4n) is 3.75. The van der Waals surface area contributed by atoms with Crippen LogP contribution in [0.15, 0.2) is 48.5 Å². The zero-order chi connectivity index (χ0) is 19.0. The van der Waals surface area contributed by atoms with Crippen LogP contribution in [0.2, 0.25) is 0 Å². The van der Waals surface area contributed by atoms with Crippen LogP contribution in [0.4, 0.5) is 4.39 Å². The molecule has 0 unspecified atom stereocenters. The molecule has 2 aromatic carbocycles. The first-order valence-corrected chi connectivity index (χ1v) is 8.79. The third-order valence-corrected chi connectivity index (χ3v) is 5.04. The number of amides is 1. The van der Waals surface area contributed by atoms with Crippen LogP contribution < -0.4 is 0 Å². The van der Waals surface area contributed by atoms with Crippen LogP contribution in [-0.2, 0) is 29.0 Å². The minimum absolute atomic E-state index is 0.0916. The first kappa shape index (κ1) is 17.3. The van der Waals surface area contributed by atoms with Gasteiger partial charge in [0.05, 0.1) is 13.7 Å². The van der Waals surface area contributed by atoms with Gasteiger partial charge in [-0.2, -0.15) is 0 Å². The van der Waals surface area contributed by atoms with Crippen molar-refractivity contribution < 1.29 is 18.7 Å². The second-order valence-corrected chi connectivity index (χ2v) is 6.59. The smallest absolute Gasteiger partial charge is 0.325 e. The van der Waals surface area contributed by atoms with E-state index in [2.05, 4.69) is 0 Å². The van der Waals surface area contributed by atoms with Gasteiger partial charge in [-0.1, -0.05) is 24.3 Å². The number of esters is 1. The van der Waals surface area contributed by atoms with Crippen LogP contribution in [0.3, 0.4) is 0 Å². The van der Waals surface area contributed by atoms with Gasteiger partial charge in [-0.25, -0.2) is 4.39 Å². The van der Waals surface area contributed by atoms with E-state index in [1.165, 1.54) is 25.3 Å². The molecule has 0 aliphatic carbocycles. The summed E-state index contributed by atoms with van der Waals surface area (Å²) >= 11 is 0. The van der Waals surface area contributed by atoms with Gasteiger partial charge in [0.15, 0.2) is 0 Å². The van der Waals surface area contributed by atoms with Gasteiger partial charge in [-0.05, 0) is 36.2 Å². The molecule has 0 spiro atoms. The largest absolute Gasteiger partial charge is 0.468 e. The minimum Gasteiger partial charge on any atom is -0.468 e. The Bertz CT molecular complexity index is 1040. The molecule has 2 heterocycles. The first-order chi connectivity index (χ1) is 13.1. The highest BCUT2D eigenvalue weighted by atomic mass is 19.1. The van der Waals surface area contributed by atoms with Gasteiger partial charge >= 0.3 is 5.97 Å². The lowest BCUT2D eigenvalue weighted by molar-refractivity contribution is -0.141. The van der Waals surface area contributed by atoms with Crippen molar-refractivity contribution in [3.05, 3.63) is 71.2 Å². The fraction of sp³-hybridized carbons (Fsp3) is 0.238. The standard InChI is InChI=1S/C21H19FN2O3/c1-27-20(25)13-24-18-8-3-2-7-16(18)17-9-10-23(12-19(17)24)21(26)14-5-4-6-15(22)11-14/h2-8,11H,9-10,12-13H2,1H3. The molecule has 0 saturated carbocycles. The van der Waals surface area contributed by atoms with E-state index >= 15 is 0 Å². The lowest BCUT2D eigenvalue weighted by Gasteiger charge is -2.28. The van der Waals surface area contributed by atoms with Crippen molar-refractivity contribution in [1.82, 2.24) is 9.47 Å². The number of rotatable bonds is 3. The number of hydrogen-bond donors (Lipinski definition) is 0. The highest BCUT2D eigenvalue weighted by Crippen LogP contribution is 2.31. The first-order valence-electron chi connectivity index (χ1n) is 8.79. The predicted octanol–water partition coefficient (Wildman–Crippen LogP) is 3.15. The molecule has 0 bridgehead atoms. The Hall–Kier alpha value is -3.15. The van der Waals surface area contributed by atoms with E-state index in [9.17, 15) is 14.0 Å². The number of hydrogen-bond acceptors (Lipinski definition) is 3. The fourth-order valence-corrected chi connectivity index (χ4v) is 3.75. The maximum atomic E-state index is 13.5. The summed E-state index contributed by atoms with van der Waals surface area (Å²) in [5.41, 5.74) is 3.36. The molecule has 3 aromatic rings. The number of benzene rings is 2. The third-order valence-electron chi connectivity index (χ3n) is 5.04. The van der Waals surface area contributed by atoms with Crippen LogP contribution in [0, 0.1) is 5.82 Å². The number of halogens is 1. The Morgan fingerprint density at radius 1 is 1.15 bits per heavy atom. The normalized spacial score (nSPS) is 13.5. The van der Waals surface area contributed by atoms with Crippen LogP contribution >= 0.6 is 0 Å². The number of methoxy groups -OCH3 is 1. The maximum absolute atomic E-state index is 13.5. The van der Waals surface area contributed by atoms with Crippen molar-refractivity contribution in [2.24, 2.45) is 0 Å². The van der Waals surface area contributed by atoms with E-state index in [-0.39, 0.29) is 18.4 Å². The molecule has 1 aliphatic rings. The van der Waals surface area contributed by atoms with Gasteiger partial charge in [0.1, 0.15) is 12.4 Å². The maximum Gasteiger partial charge on any atom is 0.325 e. The zero-order valence-electron chi connectivity index (χ0n) is 14.9. The molecule has 1 aromatic heterocycles. The molecular weight excluding hydrogens is 347 g/mol. The van der Waals surface area contributed by atoms with Crippen LogP contribution in [0.5, 0.6) is 0 Å². The van der Waals surface area contributed by atoms with Crippen molar-refractivity contribution in [2.75, 3.05) is 13.7 Å². The summed E-state index contributed by atoms with van der Waals surface area (Å²) < 4.78 is 20.3. The van der Waals surface area contributed by atoms with E-state index in [4.69, 9.17) is 4.74 Å². The summed E-state index contributed by atoms with van der Waals surface area (Å²) in [6.45, 7) is 1.01. The number of carbonyl (C=O) groups excluding carboxylic acids is 2. The summed E-state index contributed by atoms with van der Waals surface area (Å²) in [6.07, 6.45) is 0.686. The van der Waals surface area contributed by atoms with Crippen LogP contribution in [0.25, 0.3) is 10.9 Å². The molecule has 0 atom stereocenters. The molecule has 4 rings (SSSR count). The molecule has 0 N–H and O–H groups in total. The average molecular weight is 366 g/mol. The third kappa shape index (κ3) is 3.07. The number of ether oxygens (including phenoxy) is 1. The SMILES string of the molecule is COC(=O)Cn1c2c(c3ccccc31)CCN(C(=O)c1cccc(F)c1)C2. The Balaban J connectivity index is 1.73. The van der Waals surface area contributed by atoms with Gasteiger partial charge in [0, 0.05) is 28.7 Å². The van der Waals surface area contributed by atoms with E-state index < -0.39 is 5.82 Å². The zero-order valence-corrected chi connectivity index (χ0v) is 14.9. The Morgan fingerprint density at radius 2 is 1.96 bits per heavy atom. The molecule has 0 saturated heterocycles. The van der Waals surface area contributed by atoms with E-state index in [1.54, 1.807) is 11.0 Å². The number of para-hydroxylation sites is 1. The van der Waals surface area contributed by atoms with Gasteiger partial charge in [-0.3, -0.25) is 9.59 Å². The Labute approximate surface area is 156 Å². The molecule has 1 aliphatic heterocycles. The average Bonchev–Trinajstić information content (AvgIpc) is 3.00. The van der Waals surface area contributed by atoms with Crippen LogP contribution in [-0.4, -0.2) is 35.0 Å². The molecule has 5 nitrogen and oxygen atoms in total. The topological polar surface area (TPSA) is 51.5 Å². The number of fused-ring (bicyclic) bond motifs is 3. The van der Waals surface area contributed by atoms with Crippen molar-refractivity contribution in [1.29, 1.82) is 0 Å². The van der Waals surface area contributed by atoms with Crippen LogP contribution in [0.1, 0.15) is 21.6 Å². The van der Waals surface area contributed by atoms with Crippen molar-refractivity contribution >= 4 is 22.8 Å². The summed E-state index contributed by atoms with van der Waals surface area (Å²) in [5, 5.41) is 1.09. The lowest BCUT2D eigenvalue weighted by Crippen LogP contribution is -2.37. The molecule has 138 valence electrons. The van der Waals surface area contributed by atoms with Crippen molar-refractivity contribution in [3.8, 4) is 0 Å². The van der Waals surface area contributed by atoms with E-state index in [0.29, 0.717) is 25.1 Å². The van der Waals surface area contributed by atoms with Crippen molar-refractivity contribution in [3.63, 3.8) is 0 Å². The number of aromatic nitrogens is 1. The summed E-state index contributed by atoms with van der Waals surface area (Å²) in [7, 11) is 1.36. The molecule has 1 amide bonds. The molecule has 6 heteroatoms. The number of carbonyl (C=O) groups is 2. The molecule has 0 fully saturated rings. The quantitative estimate of drug-likeness (QED) is 0.669. The Morgan fingerprint density at radius 3 is 2.74 bits per heavy atom. The second-order valence-electron chi connectivity index (χ2n) is 6.59. The molecular formula is C21H19FN2O3. The summed E-state index contributed by atoms with van der Waals surface area (Å²) in [5.74, 6) is -0.986. The number of nitrogens with zero attached hydrogens (tertiary/aromatic N) is 2. The molecule has 0 radical (unpaired) electrons. The highest BCUT2D eigenvalue weighted by Gasteiger charge is 2.28. The van der Waals surface area contributed by atoms with Gasteiger partial charge in [0.2, 0.25) is 0 Å². The highest BCUT2D eigenvalue weighted by molar-refractivity contribution is 5.95. The van der Waals surface area contributed by atoms with Crippen molar-refractivity contribution in [2.45, 2.75) is 19.5 Å². The van der Waals surface area contributed by atoms with Gasteiger partial charge in [-0.15, -0.1) is 0 Å². The summed E-state index contributed by atoms with van der Waals surface area (Å²) in [6, 6.07) is 13.6. The van der Waals surface area contributed by atoms with E-state index in [0.717, 1.165) is 22.2 Å².